The smallest absolute Gasteiger partial charge is 0.338 e. The number of rotatable bonds is 3. The van der Waals surface area contributed by atoms with Crippen LogP contribution in [0.3, 0.4) is 0 Å². The third-order valence-corrected chi connectivity index (χ3v) is 5.37. The molecule has 1 fully saturated rings. The Labute approximate surface area is 174 Å². The van der Waals surface area contributed by atoms with E-state index in [-0.39, 0.29) is 5.57 Å². The summed E-state index contributed by atoms with van der Waals surface area (Å²) in [6.07, 6.45) is 1.50. The molecular formula is C22H23N3O5. The molecule has 0 saturated carbocycles. The number of carbonyl (C=O) groups excluding carboxylic acids is 4. The van der Waals surface area contributed by atoms with E-state index < -0.39 is 23.8 Å². The van der Waals surface area contributed by atoms with E-state index in [1.54, 1.807) is 12.1 Å². The van der Waals surface area contributed by atoms with Gasteiger partial charge in [-0.25, -0.2) is 9.59 Å². The summed E-state index contributed by atoms with van der Waals surface area (Å²) >= 11 is 0. The highest BCUT2D eigenvalue weighted by molar-refractivity contribution is 6.30. The molecule has 0 aliphatic carbocycles. The number of aryl methyl sites for hydroxylation is 1. The first kappa shape index (κ1) is 21.0. The van der Waals surface area contributed by atoms with Gasteiger partial charge in [0, 0.05) is 31.2 Å². The summed E-state index contributed by atoms with van der Waals surface area (Å²) in [5.41, 5.74) is 4.24. The summed E-state index contributed by atoms with van der Waals surface area (Å²) in [6, 6.07) is 6.54. The van der Waals surface area contributed by atoms with Gasteiger partial charge in [-0.1, -0.05) is 6.07 Å². The van der Waals surface area contributed by atoms with Gasteiger partial charge in [0.15, 0.2) is 0 Å². The lowest BCUT2D eigenvalue weighted by atomic mass is 10.1. The molecule has 156 valence electrons. The number of aromatic nitrogens is 1. The van der Waals surface area contributed by atoms with Crippen molar-refractivity contribution in [3.05, 3.63) is 57.9 Å². The zero-order chi connectivity index (χ0) is 22.3. The van der Waals surface area contributed by atoms with Gasteiger partial charge < -0.3 is 9.30 Å². The maximum absolute atomic E-state index is 12.5. The van der Waals surface area contributed by atoms with Crippen LogP contribution in [0, 0.1) is 20.8 Å². The number of esters is 1. The van der Waals surface area contributed by atoms with E-state index in [1.165, 1.54) is 27.3 Å². The Morgan fingerprint density at radius 3 is 2.17 bits per heavy atom. The van der Waals surface area contributed by atoms with Crippen LogP contribution in [0.15, 0.2) is 29.8 Å². The second-order valence-corrected chi connectivity index (χ2v) is 7.17. The number of hydrogen-bond donors (Lipinski definition) is 0. The average molecular weight is 409 g/mol. The van der Waals surface area contributed by atoms with Crippen LogP contribution < -0.4 is 0 Å². The summed E-state index contributed by atoms with van der Waals surface area (Å²) in [5.74, 6) is -1.71. The van der Waals surface area contributed by atoms with Crippen molar-refractivity contribution in [3.8, 4) is 5.69 Å². The molecule has 0 N–H and O–H groups in total. The summed E-state index contributed by atoms with van der Waals surface area (Å²) in [5, 5.41) is 0. The molecule has 8 nitrogen and oxygen atoms in total. The van der Waals surface area contributed by atoms with E-state index in [9.17, 15) is 19.2 Å². The first-order valence-corrected chi connectivity index (χ1v) is 9.29. The highest BCUT2D eigenvalue weighted by Crippen LogP contribution is 2.28. The monoisotopic (exact) mass is 409 g/mol. The van der Waals surface area contributed by atoms with Crippen molar-refractivity contribution in [3.63, 3.8) is 0 Å². The van der Waals surface area contributed by atoms with E-state index in [1.807, 2.05) is 37.5 Å². The van der Waals surface area contributed by atoms with Gasteiger partial charge in [0.25, 0.3) is 11.8 Å². The third-order valence-electron chi connectivity index (χ3n) is 5.37. The normalized spacial score (nSPS) is 14.5. The maximum atomic E-state index is 12.5. The fraction of sp³-hybridized carbons (Fsp3) is 0.273. The fourth-order valence-electron chi connectivity index (χ4n) is 3.63. The Balaban J connectivity index is 2.13. The molecule has 0 unspecified atom stereocenters. The zero-order valence-electron chi connectivity index (χ0n) is 17.8. The zero-order valence-corrected chi connectivity index (χ0v) is 17.8. The van der Waals surface area contributed by atoms with Crippen LogP contribution in [0.4, 0.5) is 4.79 Å². The largest absolute Gasteiger partial charge is 0.465 e. The molecule has 1 aliphatic heterocycles. The summed E-state index contributed by atoms with van der Waals surface area (Å²) < 4.78 is 6.81. The highest BCUT2D eigenvalue weighted by Gasteiger charge is 2.38. The fourth-order valence-corrected chi connectivity index (χ4v) is 3.63. The van der Waals surface area contributed by atoms with E-state index in [0.29, 0.717) is 11.1 Å². The van der Waals surface area contributed by atoms with Crippen LogP contribution in [0.5, 0.6) is 0 Å². The molecule has 1 saturated heterocycles. The lowest BCUT2D eigenvalue weighted by molar-refractivity contribution is -0.134. The van der Waals surface area contributed by atoms with Crippen LogP contribution in [0.25, 0.3) is 11.8 Å². The van der Waals surface area contributed by atoms with E-state index in [4.69, 9.17) is 4.74 Å². The molecule has 1 aromatic carbocycles. The quantitative estimate of drug-likeness (QED) is 0.442. The van der Waals surface area contributed by atoms with Gasteiger partial charge in [-0.05, 0) is 56.2 Å². The predicted octanol–water partition coefficient (Wildman–Crippen LogP) is 2.62. The molecule has 30 heavy (non-hydrogen) atoms. The summed E-state index contributed by atoms with van der Waals surface area (Å²) in [4.78, 5) is 50.8. The second kappa shape index (κ2) is 7.62. The van der Waals surface area contributed by atoms with Crippen molar-refractivity contribution in [1.29, 1.82) is 0 Å². The lowest BCUT2D eigenvalue weighted by Crippen LogP contribution is -2.52. The van der Waals surface area contributed by atoms with Gasteiger partial charge in [0.2, 0.25) is 0 Å². The van der Waals surface area contributed by atoms with Gasteiger partial charge >= 0.3 is 12.0 Å². The number of likely N-dealkylation sites (N-methyl/N-ethyl adjacent to an activating group) is 2. The van der Waals surface area contributed by atoms with Crippen molar-refractivity contribution < 1.29 is 23.9 Å². The van der Waals surface area contributed by atoms with Gasteiger partial charge in [0.1, 0.15) is 5.57 Å². The van der Waals surface area contributed by atoms with E-state index in [0.717, 1.165) is 32.4 Å². The SMILES string of the molecule is COC(=O)c1cccc(-n2c(C)cc(C=C3C(=O)N(C)C(=O)N(C)C3=O)c2C)c1C. The Kier molecular flexibility index (Phi) is 5.35. The summed E-state index contributed by atoms with van der Waals surface area (Å²) in [6.45, 7) is 5.59. The lowest BCUT2D eigenvalue weighted by Gasteiger charge is -2.28. The number of nitrogens with zero attached hydrogens (tertiary/aromatic N) is 3. The van der Waals surface area contributed by atoms with Gasteiger partial charge in [-0.2, -0.15) is 0 Å². The number of carbonyl (C=O) groups is 4. The average Bonchev–Trinajstić information content (AvgIpc) is 3.01. The Bertz CT molecular complexity index is 1100. The van der Waals surface area contributed by atoms with Crippen LogP contribution >= 0.6 is 0 Å². The van der Waals surface area contributed by atoms with Crippen LogP contribution in [-0.4, -0.2) is 59.4 Å². The van der Waals surface area contributed by atoms with Crippen molar-refractivity contribution in [2.45, 2.75) is 20.8 Å². The van der Waals surface area contributed by atoms with Crippen LogP contribution in [-0.2, 0) is 14.3 Å². The number of methoxy groups -OCH3 is 1. The van der Waals surface area contributed by atoms with Gasteiger partial charge in [-0.15, -0.1) is 0 Å². The van der Waals surface area contributed by atoms with Crippen LogP contribution in [0.1, 0.15) is 32.9 Å². The number of benzene rings is 1. The minimum atomic E-state index is -0.664. The Hall–Kier alpha value is -3.68. The third kappa shape index (κ3) is 3.20. The Morgan fingerprint density at radius 2 is 1.60 bits per heavy atom. The van der Waals surface area contributed by atoms with Gasteiger partial charge in [0.05, 0.1) is 12.7 Å². The number of ether oxygens (including phenoxy) is 1. The first-order valence-electron chi connectivity index (χ1n) is 9.29. The molecule has 1 aliphatic rings. The molecule has 0 radical (unpaired) electrons. The number of urea groups is 1. The minimum absolute atomic E-state index is 0.0834. The first-order chi connectivity index (χ1) is 14.1. The molecule has 2 heterocycles. The topological polar surface area (TPSA) is 88.9 Å². The van der Waals surface area contributed by atoms with Crippen molar-refractivity contribution in [1.82, 2.24) is 14.4 Å². The predicted molar refractivity (Wildman–Crippen MR) is 110 cm³/mol. The number of imide groups is 2. The van der Waals surface area contributed by atoms with Crippen molar-refractivity contribution in [2.24, 2.45) is 0 Å². The van der Waals surface area contributed by atoms with E-state index >= 15 is 0 Å². The second-order valence-electron chi connectivity index (χ2n) is 7.17. The number of amides is 4. The van der Waals surface area contributed by atoms with E-state index in [2.05, 4.69) is 0 Å². The van der Waals surface area contributed by atoms with Crippen LogP contribution in [0.2, 0.25) is 0 Å². The molecule has 0 atom stereocenters. The minimum Gasteiger partial charge on any atom is -0.465 e. The summed E-state index contributed by atoms with van der Waals surface area (Å²) in [7, 11) is 4.01. The molecule has 1 aromatic heterocycles. The molecule has 4 amide bonds. The highest BCUT2D eigenvalue weighted by atomic mass is 16.5. The number of barbiturate groups is 1. The maximum Gasteiger partial charge on any atom is 0.338 e. The van der Waals surface area contributed by atoms with Crippen molar-refractivity contribution in [2.75, 3.05) is 21.2 Å². The van der Waals surface area contributed by atoms with Gasteiger partial charge in [-0.3, -0.25) is 19.4 Å². The molecule has 0 bridgehead atoms. The van der Waals surface area contributed by atoms with Crippen molar-refractivity contribution >= 4 is 29.9 Å². The standard InChI is InChI=1S/C22H23N3O5/c1-12-10-15(11-17-19(26)23(4)22(29)24(5)20(17)27)14(3)25(12)18-9-7-8-16(13(18)2)21(28)30-6/h7-11H,1-6H3. The molecular weight excluding hydrogens is 386 g/mol. The molecule has 3 rings (SSSR count). The number of hydrogen-bond acceptors (Lipinski definition) is 5. The molecule has 8 heteroatoms. The Morgan fingerprint density at radius 1 is 1.00 bits per heavy atom. The molecule has 2 aromatic rings. The molecule has 0 spiro atoms.